The largest absolute Gasteiger partial charge is 0.476 e. The molecule has 1 aromatic carbocycles. The summed E-state index contributed by atoms with van der Waals surface area (Å²) in [6.45, 7) is 0.668. The first-order valence-electron chi connectivity index (χ1n) is 7.86. The highest BCUT2D eigenvalue weighted by atomic mass is 32.2. The molecule has 1 saturated heterocycles. The molecule has 0 unspecified atom stereocenters. The molecule has 4 rings (SSSR count). The van der Waals surface area contributed by atoms with Crippen LogP contribution in [0.15, 0.2) is 29.2 Å². The predicted octanol–water partition coefficient (Wildman–Crippen LogP) is 1.38. The number of nitrogens with one attached hydrogen (secondary N) is 1. The maximum Gasteiger partial charge on any atom is 0.356 e. The van der Waals surface area contributed by atoms with E-state index in [1.54, 1.807) is 12.1 Å². The van der Waals surface area contributed by atoms with E-state index in [1.165, 1.54) is 15.9 Å². The number of aromatic nitrogens is 2. The lowest BCUT2D eigenvalue weighted by Gasteiger charge is -2.37. The van der Waals surface area contributed by atoms with Gasteiger partial charge in [-0.2, -0.15) is 9.40 Å². The molecule has 0 radical (unpaired) electrons. The molecular weight excluding hydrogens is 330 g/mol. The van der Waals surface area contributed by atoms with Crippen LogP contribution in [-0.2, 0) is 22.9 Å². The Morgan fingerprint density at radius 3 is 2.67 bits per heavy atom. The van der Waals surface area contributed by atoms with Crippen molar-refractivity contribution in [3.8, 4) is 0 Å². The molecule has 126 valence electrons. The first-order chi connectivity index (χ1) is 11.4. The average molecular weight is 347 g/mol. The van der Waals surface area contributed by atoms with Crippen LogP contribution < -0.4 is 0 Å². The highest BCUT2D eigenvalue weighted by molar-refractivity contribution is 7.89. The Morgan fingerprint density at radius 1 is 1.21 bits per heavy atom. The number of aromatic amines is 1. The molecule has 2 N–H and O–H groups in total. The Bertz CT molecular complexity index is 913. The third-order valence-electron chi connectivity index (χ3n) is 4.81. The molecule has 1 fully saturated rings. The van der Waals surface area contributed by atoms with E-state index in [0.717, 1.165) is 24.8 Å². The van der Waals surface area contributed by atoms with Gasteiger partial charge in [0.05, 0.1) is 4.90 Å². The molecule has 0 saturated carbocycles. The zero-order valence-corrected chi connectivity index (χ0v) is 13.7. The van der Waals surface area contributed by atoms with Crippen LogP contribution >= 0.6 is 0 Å². The number of rotatable bonds is 4. The van der Waals surface area contributed by atoms with E-state index in [0.29, 0.717) is 23.7 Å². The van der Waals surface area contributed by atoms with Crippen molar-refractivity contribution >= 4 is 16.0 Å². The number of carboxylic acids is 1. The number of benzene rings is 1. The van der Waals surface area contributed by atoms with Crippen LogP contribution in [0, 0.1) is 0 Å². The smallest absolute Gasteiger partial charge is 0.356 e. The molecule has 1 aliphatic heterocycles. The van der Waals surface area contributed by atoms with Crippen molar-refractivity contribution in [2.24, 2.45) is 0 Å². The molecular formula is C16H17N3O4S. The van der Waals surface area contributed by atoms with Crippen LogP contribution in [0.2, 0.25) is 0 Å². The fourth-order valence-electron chi connectivity index (χ4n) is 3.34. The number of aromatic carboxylic acids is 1. The van der Waals surface area contributed by atoms with Gasteiger partial charge in [0.15, 0.2) is 5.69 Å². The van der Waals surface area contributed by atoms with Crippen molar-refractivity contribution in [3.63, 3.8) is 0 Å². The number of aryl methyl sites for hydroxylation is 2. The molecule has 0 bridgehead atoms. The van der Waals surface area contributed by atoms with Gasteiger partial charge in [0.2, 0.25) is 10.0 Å². The second-order valence-electron chi connectivity index (χ2n) is 6.32. The molecule has 2 aromatic rings. The molecule has 1 aliphatic carbocycles. The van der Waals surface area contributed by atoms with Gasteiger partial charge in [-0.25, -0.2) is 13.2 Å². The topological polar surface area (TPSA) is 103 Å². The minimum Gasteiger partial charge on any atom is -0.476 e. The molecule has 0 spiro atoms. The van der Waals surface area contributed by atoms with Crippen LogP contribution in [0.25, 0.3) is 0 Å². The van der Waals surface area contributed by atoms with Gasteiger partial charge < -0.3 is 5.11 Å². The average Bonchev–Trinajstić information content (AvgIpc) is 3.13. The van der Waals surface area contributed by atoms with E-state index in [4.69, 9.17) is 5.11 Å². The summed E-state index contributed by atoms with van der Waals surface area (Å²) >= 11 is 0. The maximum atomic E-state index is 12.7. The summed E-state index contributed by atoms with van der Waals surface area (Å²) in [7, 11) is -3.49. The van der Waals surface area contributed by atoms with E-state index in [9.17, 15) is 13.2 Å². The zero-order valence-electron chi connectivity index (χ0n) is 12.9. The minimum absolute atomic E-state index is 0.0465. The lowest BCUT2D eigenvalue weighted by atomic mass is 9.99. The predicted molar refractivity (Wildman–Crippen MR) is 85.5 cm³/mol. The van der Waals surface area contributed by atoms with Gasteiger partial charge in [-0.15, -0.1) is 0 Å². The van der Waals surface area contributed by atoms with E-state index < -0.39 is 16.0 Å². The third kappa shape index (κ3) is 2.42. The van der Waals surface area contributed by atoms with Crippen LogP contribution in [0.3, 0.4) is 0 Å². The van der Waals surface area contributed by atoms with E-state index in [2.05, 4.69) is 10.2 Å². The van der Waals surface area contributed by atoms with Gasteiger partial charge in [-0.3, -0.25) is 5.10 Å². The molecule has 7 nitrogen and oxygen atoms in total. The number of carbonyl (C=O) groups is 1. The van der Waals surface area contributed by atoms with Crippen molar-refractivity contribution < 1.29 is 18.3 Å². The van der Waals surface area contributed by atoms with E-state index in [-0.39, 0.29) is 11.6 Å². The molecule has 0 atom stereocenters. The van der Waals surface area contributed by atoms with E-state index >= 15 is 0 Å². The summed E-state index contributed by atoms with van der Waals surface area (Å²) < 4.78 is 26.8. The fourth-order valence-corrected chi connectivity index (χ4v) is 4.93. The Kier molecular flexibility index (Phi) is 3.47. The van der Waals surface area contributed by atoms with Crippen molar-refractivity contribution in [2.45, 2.75) is 30.1 Å². The number of hydrogen-bond donors (Lipinski definition) is 2. The summed E-state index contributed by atoms with van der Waals surface area (Å²) in [5.41, 5.74) is 2.99. The van der Waals surface area contributed by atoms with Gasteiger partial charge >= 0.3 is 5.97 Å². The van der Waals surface area contributed by atoms with E-state index in [1.807, 2.05) is 6.07 Å². The lowest BCUT2D eigenvalue weighted by molar-refractivity contribution is 0.0690. The quantitative estimate of drug-likeness (QED) is 0.870. The van der Waals surface area contributed by atoms with Gasteiger partial charge in [0.1, 0.15) is 0 Å². The van der Waals surface area contributed by atoms with Crippen molar-refractivity contribution in [3.05, 3.63) is 46.8 Å². The standard InChI is InChI=1S/C16H17N3O4S/c20-16(21)15-7-14(17-18-15)12-8-19(9-12)24(22,23)13-5-4-10-2-1-3-11(10)6-13/h4-7,12H,1-3,8-9H2,(H,17,18)(H,20,21). The Labute approximate surface area is 139 Å². The monoisotopic (exact) mass is 347 g/mol. The Hall–Kier alpha value is -2.19. The zero-order chi connectivity index (χ0) is 16.9. The second-order valence-corrected chi connectivity index (χ2v) is 8.25. The fraction of sp³-hybridized carbons (Fsp3) is 0.375. The number of H-pyrrole nitrogens is 1. The van der Waals surface area contributed by atoms with Crippen LogP contribution in [0.4, 0.5) is 0 Å². The summed E-state index contributed by atoms with van der Waals surface area (Å²) in [6, 6.07) is 6.86. The van der Waals surface area contributed by atoms with Crippen LogP contribution in [0.1, 0.15) is 39.6 Å². The second kappa shape index (κ2) is 5.42. The van der Waals surface area contributed by atoms with Gasteiger partial charge in [-0.05, 0) is 48.6 Å². The number of nitrogens with zero attached hydrogens (tertiary/aromatic N) is 2. The highest BCUT2D eigenvalue weighted by Crippen LogP contribution is 2.33. The van der Waals surface area contributed by atoms with Crippen LogP contribution in [-0.4, -0.2) is 47.1 Å². The molecule has 8 heteroatoms. The molecule has 1 aromatic heterocycles. The lowest BCUT2D eigenvalue weighted by Crippen LogP contribution is -2.48. The molecule has 24 heavy (non-hydrogen) atoms. The third-order valence-corrected chi connectivity index (χ3v) is 6.64. The first-order valence-corrected chi connectivity index (χ1v) is 9.30. The Morgan fingerprint density at radius 2 is 1.96 bits per heavy atom. The maximum absolute atomic E-state index is 12.7. The van der Waals surface area contributed by atoms with Gasteiger partial charge in [0.25, 0.3) is 0 Å². The van der Waals surface area contributed by atoms with Crippen molar-refractivity contribution in [1.29, 1.82) is 0 Å². The normalized spacial score (nSPS) is 18.3. The van der Waals surface area contributed by atoms with Gasteiger partial charge in [0, 0.05) is 24.7 Å². The summed E-state index contributed by atoms with van der Waals surface area (Å²) in [5, 5.41) is 15.3. The van der Waals surface area contributed by atoms with Crippen LogP contribution in [0.5, 0.6) is 0 Å². The van der Waals surface area contributed by atoms with Gasteiger partial charge in [-0.1, -0.05) is 6.07 Å². The summed E-state index contributed by atoms with van der Waals surface area (Å²) in [6.07, 6.45) is 3.04. The SMILES string of the molecule is O=C(O)c1cc(C2CN(S(=O)(=O)c3ccc4c(c3)CCC4)C2)[nH]n1. The number of fused-ring (bicyclic) bond motifs is 1. The van der Waals surface area contributed by atoms with Crippen molar-refractivity contribution in [2.75, 3.05) is 13.1 Å². The molecule has 2 aliphatic rings. The molecule has 2 heterocycles. The minimum atomic E-state index is -3.49. The first kappa shape index (κ1) is 15.3. The van der Waals surface area contributed by atoms with Crippen molar-refractivity contribution in [1.82, 2.24) is 14.5 Å². The summed E-state index contributed by atoms with van der Waals surface area (Å²) in [5.74, 6) is -1.14. The number of hydrogen-bond acceptors (Lipinski definition) is 4. The molecule has 0 amide bonds. The number of sulfonamides is 1. The Balaban J connectivity index is 1.50. The number of carboxylic acid groups (broad SMARTS) is 1. The highest BCUT2D eigenvalue weighted by Gasteiger charge is 2.38. The summed E-state index contributed by atoms with van der Waals surface area (Å²) in [4.78, 5) is 11.2.